The molecular formula is C4H2F4N4O2. The van der Waals surface area contributed by atoms with Gasteiger partial charge in [0.05, 0.1) is 0 Å². The number of aromatic nitrogens is 3. The number of nitro groups is 1. The third-order valence-corrected chi connectivity index (χ3v) is 1.16. The molecule has 0 aliphatic heterocycles. The van der Waals surface area contributed by atoms with E-state index in [1.165, 1.54) is 0 Å². The number of hydrogen-bond acceptors (Lipinski definition) is 4. The van der Waals surface area contributed by atoms with Gasteiger partial charge < -0.3 is 10.1 Å². The normalized spacial score (nSPS) is 14.0. The van der Waals surface area contributed by atoms with E-state index in [4.69, 9.17) is 0 Å². The summed E-state index contributed by atoms with van der Waals surface area (Å²) in [5.74, 6) is -1.09. The first kappa shape index (κ1) is 10.3. The van der Waals surface area contributed by atoms with Crippen LogP contribution in [0.3, 0.4) is 0 Å². The fourth-order valence-corrected chi connectivity index (χ4v) is 0.609. The van der Waals surface area contributed by atoms with E-state index in [2.05, 4.69) is 10.1 Å². The first-order valence-corrected chi connectivity index (χ1v) is 3.08. The summed E-state index contributed by atoms with van der Waals surface area (Å²) in [6, 6.07) is 0. The Labute approximate surface area is 73.3 Å². The average Bonchev–Trinajstić information content (AvgIpc) is 2.48. The van der Waals surface area contributed by atoms with Gasteiger partial charge in [0, 0.05) is 5.10 Å². The molecular weight excluding hydrogens is 212 g/mol. The lowest BCUT2D eigenvalue weighted by Crippen LogP contribution is -2.23. The summed E-state index contributed by atoms with van der Waals surface area (Å²) in [6.45, 7) is 0. The highest BCUT2D eigenvalue weighted by atomic mass is 19.4. The quantitative estimate of drug-likeness (QED) is 0.421. The van der Waals surface area contributed by atoms with Gasteiger partial charge in [-0.2, -0.15) is 13.2 Å². The van der Waals surface area contributed by atoms with Crippen LogP contribution in [0, 0.1) is 10.1 Å². The third kappa shape index (κ3) is 1.95. The summed E-state index contributed by atoms with van der Waals surface area (Å²) in [5.41, 5.74) is 0. The molecule has 0 spiro atoms. The van der Waals surface area contributed by atoms with Gasteiger partial charge in [0.15, 0.2) is 0 Å². The van der Waals surface area contributed by atoms with Crippen LogP contribution in [0.15, 0.2) is 6.33 Å². The predicted molar refractivity (Wildman–Crippen MR) is 32.9 cm³/mol. The van der Waals surface area contributed by atoms with E-state index in [0.717, 1.165) is 0 Å². The molecule has 0 radical (unpaired) electrons. The highest BCUT2D eigenvalue weighted by Crippen LogP contribution is 2.30. The average molecular weight is 214 g/mol. The van der Waals surface area contributed by atoms with Gasteiger partial charge in [0.25, 0.3) is 0 Å². The van der Waals surface area contributed by atoms with Crippen molar-refractivity contribution in [3.8, 4) is 0 Å². The standard InChI is InChI=1S/C4H2F4N4O2/c5-2(4(6,7)8)11-1-9-3(10-11)12(13)14/h1-2H. The second kappa shape index (κ2) is 3.20. The van der Waals surface area contributed by atoms with Gasteiger partial charge in [0.1, 0.15) is 0 Å². The Morgan fingerprint density at radius 1 is 1.57 bits per heavy atom. The third-order valence-electron chi connectivity index (χ3n) is 1.16. The SMILES string of the molecule is O=[N+]([O-])c1ncn(C(F)C(F)(F)F)n1. The lowest BCUT2D eigenvalue weighted by atomic mass is 10.6. The van der Waals surface area contributed by atoms with E-state index in [1.807, 2.05) is 0 Å². The lowest BCUT2D eigenvalue weighted by molar-refractivity contribution is -0.394. The molecule has 6 nitrogen and oxygen atoms in total. The zero-order valence-corrected chi connectivity index (χ0v) is 6.27. The first-order chi connectivity index (χ1) is 6.32. The number of hydrogen-bond donors (Lipinski definition) is 0. The van der Waals surface area contributed by atoms with E-state index >= 15 is 0 Å². The van der Waals surface area contributed by atoms with Crippen LogP contribution in [0.2, 0.25) is 0 Å². The highest BCUT2D eigenvalue weighted by Gasteiger charge is 2.44. The Bertz CT molecular complexity index is 347. The van der Waals surface area contributed by atoms with Crippen molar-refractivity contribution in [3.05, 3.63) is 16.4 Å². The first-order valence-electron chi connectivity index (χ1n) is 3.08. The second-order valence-electron chi connectivity index (χ2n) is 2.16. The summed E-state index contributed by atoms with van der Waals surface area (Å²) in [7, 11) is 0. The number of nitrogens with zero attached hydrogens (tertiary/aromatic N) is 4. The summed E-state index contributed by atoms with van der Waals surface area (Å²) in [4.78, 5) is 11.7. The van der Waals surface area contributed by atoms with Crippen LogP contribution in [0.5, 0.6) is 0 Å². The Hall–Kier alpha value is -1.74. The summed E-state index contributed by atoms with van der Waals surface area (Å²) >= 11 is 0. The molecule has 1 aromatic heterocycles. The van der Waals surface area contributed by atoms with Gasteiger partial charge in [-0.3, -0.25) is 0 Å². The molecule has 1 unspecified atom stereocenters. The van der Waals surface area contributed by atoms with Gasteiger partial charge in [-0.05, 0) is 4.92 Å². The minimum Gasteiger partial charge on any atom is -0.390 e. The fourth-order valence-electron chi connectivity index (χ4n) is 0.609. The molecule has 78 valence electrons. The van der Waals surface area contributed by atoms with Gasteiger partial charge in [-0.25, -0.2) is 4.39 Å². The van der Waals surface area contributed by atoms with Crippen molar-refractivity contribution in [2.75, 3.05) is 0 Å². The predicted octanol–water partition coefficient (Wildman–Crippen LogP) is 1.22. The van der Waals surface area contributed by atoms with Crippen LogP contribution < -0.4 is 0 Å². The molecule has 0 bridgehead atoms. The fraction of sp³-hybridized carbons (Fsp3) is 0.500. The van der Waals surface area contributed by atoms with Crippen molar-refractivity contribution >= 4 is 5.95 Å². The zero-order chi connectivity index (χ0) is 10.9. The van der Waals surface area contributed by atoms with Gasteiger partial charge in [-0.1, -0.05) is 4.98 Å². The van der Waals surface area contributed by atoms with Crippen molar-refractivity contribution < 1.29 is 22.5 Å². The minimum atomic E-state index is -5.17. The molecule has 0 aliphatic rings. The Morgan fingerprint density at radius 3 is 2.50 bits per heavy atom. The largest absolute Gasteiger partial charge is 0.491 e. The molecule has 1 rings (SSSR count). The van der Waals surface area contributed by atoms with E-state index in [0.29, 0.717) is 6.33 Å². The Balaban J connectivity index is 2.92. The van der Waals surface area contributed by atoms with Crippen molar-refractivity contribution in [2.24, 2.45) is 0 Å². The Morgan fingerprint density at radius 2 is 2.14 bits per heavy atom. The molecule has 0 saturated heterocycles. The van der Waals surface area contributed by atoms with Crippen LogP contribution in [-0.2, 0) is 0 Å². The van der Waals surface area contributed by atoms with Crippen molar-refractivity contribution in [3.63, 3.8) is 0 Å². The maximum Gasteiger partial charge on any atom is 0.491 e. The van der Waals surface area contributed by atoms with Gasteiger partial charge in [-0.15, -0.1) is 4.68 Å². The minimum absolute atomic E-state index is 0.266. The molecule has 0 aromatic carbocycles. The molecule has 14 heavy (non-hydrogen) atoms. The summed E-state index contributed by atoms with van der Waals surface area (Å²) < 4.78 is 47.3. The molecule has 0 saturated carbocycles. The number of halogens is 4. The van der Waals surface area contributed by atoms with Crippen LogP contribution >= 0.6 is 0 Å². The molecule has 0 amide bonds. The molecule has 1 aromatic rings. The maximum absolute atomic E-state index is 12.4. The monoisotopic (exact) mass is 214 g/mol. The van der Waals surface area contributed by atoms with Crippen LogP contribution in [0.4, 0.5) is 23.5 Å². The van der Waals surface area contributed by atoms with E-state index < -0.39 is 23.3 Å². The topological polar surface area (TPSA) is 73.8 Å². The van der Waals surface area contributed by atoms with E-state index in [9.17, 15) is 27.7 Å². The summed E-state index contributed by atoms with van der Waals surface area (Å²) in [5, 5.41) is 12.6. The molecule has 10 heteroatoms. The Kier molecular flexibility index (Phi) is 2.36. The lowest BCUT2D eigenvalue weighted by Gasteiger charge is -2.08. The van der Waals surface area contributed by atoms with E-state index in [1.54, 1.807) is 0 Å². The second-order valence-corrected chi connectivity index (χ2v) is 2.16. The van der Waals surface area contributed by atoms with Crippen molar-refractivity contribution in [1.82, 2.24) is 14.8 Å². The number of rotatable bonds is 2. The van der Waals surface area contributed by atoms with Gasteiger partial charge >= 0.3 is 18.4 Å². The molecule has 1 atom stereocenters. The van der Waals surface area contributed by atoms with Crippen LogP contribution in [0.25, 0.3) is 0 Å². The van der Waals surface area contributed by atoms with E-state index in [-0.39, 0.29) is 4.68 Å². The van der Waals surface area contributed by atoms with Crippen LogP contribution in [-0.4, -0.2) is 25.9 Å². The van der Waals surface area contributed by atoms with Crippen molar-refractivity contribution in [2.45, 2.75) is 12.5 Å². The smallest absolute Gasteiger partial charge is 0.390 e. The molecule has 0 N–H and O–H groups in total. The van der Waals surface area contributed by atoms with Crippen molar-refractivity contribution in [1.29, 1.82) is 0 Å². The summed E-state index contributed by atoms with van der Waals surface area (Å²) in [6.07, 6.45) is -8.29. The molecule has 1 heterocycles. The molecule has 0 aliphatic carbocycles. The maximum atomic E-state index is 12.4. The van der Waals surface area contributed by atoms with Gasteiger partial charge in [0.2, 0.25) is 6.33 Å². The molecule has 0 fully saturated rings. The van der Waals surface area contributed by atoms with Crippen LogP contribution in [0.1, 0.15) is 6.30 Å². The highest BCUT2D eigenvalue weighted by molar-refractivity contribution is 4.97. The zero-order valence-electron chi connectivity index (χ0n) is 6.27. The number of alkyl halides is 4.